The lowest BCUT2D eigenvalue weighted by molar-refractivity contribution is 0.0696. The summed E-state index contributed by atoms with van der Waals surface area (Å²) in [5.74, 6) is -0.879. The Morgan fingerprint density at radius 2 is 1.12 bits per heavy atom. The van der Waals surface area contributed by atoms with Gasteiger partial charge in [-0.15, -0.1) is 23.2 Å². The molecule has 0 fully saturated rings. The molecule has 10 heteroatoms. The van der Waals surface area contributed by atoms with Crippen molar-refractivity contribution in [3.05, 3.63) is 71.8 Å². The molecule has 0 bridgehead atoms. The molecule has 25 heavy (non-hydrogen) atoms. The van der Waals surface area contributed by atoms with Crippen molar-refractivity contribution in [3.8, 4) is 0 Å². The van der Waals surface area contributed by atoms with Gasteiger partial charge >= 0.3 is 5.97 Å². The number of rotatable bonds is 2. The van der Waals surface area contributed by atoms with Gasteiger partial charge in [0.2, 0.25) is 9.23 Å². The minimum absolute atomic E-state index is 0.194. The standard InChI is InChI=1S/C7H5ClO.C7H6O2.CH2Cl2.Cl2OS/c2*8-7(9)6-4-2-1-3-5-6;2-1-3;1-4(2)3/h1-5H;1-5H,(H,8,9);1H2;. The van der Waals surface area contributed by atoms with Crippen molar-refractivity contribution in [1.82, 2.24) is 0 Å². The van der Waals surface area contributed by atoms with Crippen LogP contribution in [0.15, 0.2) is 60.7 Å². The molecular formula is C15H13Cl5O4S. The Bertz CT molecular complexity index is 573. The van der Waals surface area contributed by atoms with Crippen molar-refractivity contribution >= 4 is 76.6 Å². The maximum absolute atomic E-state index is 10.4. The Kier molecular flexibility index (Phi) is 19.0. The molecule has 2 aromatic rings. The molecule has 4 nitrogen and oxygen atoms in total. The summed E-state index contributed by atoms with van der Waals surface area (Å²) < 4.78 is 9.09. The fraction of sp³-hybridized carbons (Fsp3) is 0.0667. The second-order valence-corrected chi connectivity index (χ2v) is 7.27. The summed E-state index contributed by atoms with van der Waals surface area (Å²) in [6, 6.07) is 17.0. The fourth-order valence-electron chi connectivity index (χ4n) is 1.15. The van der Waals surface area contributed by atoms with Crippen molar-refractivity contribution in [2.45, 2.75) is 0 Å². The molecule has 2 aromatic carbocycles. The molecule has 0 saturated heterocycles. The van der Waals surface area contributed by atoms with E-state index in [2.05, 4.69) is 21.4 Å². The van der Waals surface area contributed by atoms with E-state index in [1.807, 2.05) is 6.07 Å². The molecule has 0 spiro atoms. The Morgan fingerprint density at radius 1 is 0.840 bits per heavy atom. The average Bonchev–Trinajstić information content (AvgIpc) is 2.57. The lowest BCUT2D eigenvalue weighted by Gasteiger charge is -1.88. The van der Waals surface area contributed by atoms with E-state index >= 15 is 0 Å². The number of carboxylic acids is 1. The predicted octanol–water partition coefficient (Wildman–Crippen LogP) is 5.91. The van der Waals surface area contributed by atoms with Crippen LogP contribution in [0, 0.1) is 0 Å². The summed E-state index contributed by atoms with van der Waals surface area (Å²) in [7, 11) is 7.36. The molecule has 1 N–H and O–H groups in total. The number of hydrogen-bond acceptors (Lipinski definition) is 3. The van der Waals surface area contributed by atoms with E-state index in [0.717, 1.165) is 0 Å². The van der Waals surface area contributed by atoms with Crippen molar-refractivity contribution in [2.24, 2.45) is 0 Å². The third kappa shape index (κ3) is 19.4. The minimum Gasteiger partial charge on any atom is -0.478 e. The number of carboxylic acid groups (broad SMARTS) is 1. The Hall–Kier alpha value is -0.820. The van der Waals surface area contributed by atoms with Crippen LogP contribution in [0.3, 0.4) is 0 Å². The van der Waals surface area contributed by atoms with Gasteiger partial charge < -0.3 is 5.11 Å². The molecule has 0 radical (unpaired) electrons. The third-order valence-corrected chi connectivity index (χ3v) is 2.24. The number of benzene rings is 2. The van der Waals surface area contributed by atoms with E-state index in [9.17, 15) is 9.59 Å². The highest BCUT2D eigenvalue weighted by molar-refractivity contribution is 8.26. The van der Waals surface area contributed by atoms with Crippen LogP contribution in [0.2, 0.25) is 0 Å². The highest BCUT2D eigenvalue weighted by atomic mass is 36.0. The van der Waals surface area contributed by atoms with Crippen LogP contribution in [0.1, 0.15) is 20.7 Å². The van der Waals surface area contributed by atoms with Gasteiger partial charge in [0.05, 0.1) is 10.9 Å². The first kappa shape index (κ1) is 26.4. The molecule has 0 aliphatic carbocycles. The summed E-state index contributed by atoms with van der Waals surface area (Å²) in [5.41, 5.74) is 0.872. The highest BCUT2D eigenvalue weighted by Crippen LogP contribution is 2.01. The van der Waals surface area contributed by atoms with Gasteiger partial charge in [0, 0.05) is 26.9 Å². The Labute approximate surface area is 172 Å². The largest absolute Gasteiger partial charge is 0.478 e. The van der Waals surface area contributed by atoms with Crippen LogP contribution in [0.25, 0.3) is 0 Å². The van der Waals surface area contributed by atoms with Gasteiger partial charge in [-0.05, 0) is 23.7 Å². The lowest BCUT2D eigenvalue weighted by atomic mass is 10.2. The van der Waals surface area contributed by atoms with E-state index in [4.69, 9.17) is 44.1 Å². The van der Waals surface area contributed by atoms with Gasteiger partial charge in [0.15, 0.2) is 0 Å². The molecule has 0 aliphatic rings. The van der Waals surface area contributed by atoms with Crippen LogP contribution in [0.4, 0.5) is 0 Å². The van der Waals surface area contributed by atoms with Crippen molar-refractivity contribution < 1.29 is 18.9 Å². The number of carbonyl (C=O) groups is 2. The summed E-state index contributed by atoms with van der Waals surface area (Å²) in [6.07, 6.45) is 0. The van der Waals surface area contributed by atoms with E-state index in [1.165, 1.54) is 0 Å². The first-order valence-electron chi connectivity index (χ1n) is 6.15. The fourth-order valence-corrected chi connectivity index (χ4v) is 1.28. The van der Waals surface area contributed by atoms with Crippen molar-refractivity contribution in [3.63, 3.8) is 0 Å². The van der Waals surface area contributed by atoms with E-state index < -0.39 is 20.4 Å². The molecule has 0 saturated carbocycles. The Morgan fingerprint density at radius 3 is 1.28 bits per heavy atom. The van der Waals surface area contributed by atoms with E-state index in [-0.39, 0.29) is 5.34 Å². The molecule has 0 aliphatic heterocycles. The van der Waals surface area contributed by atoms with Crippen LogP contribution >= 0.6 is 56.2 Å². The summed E-state index contributed by atoms with van der Waals surface area (Å²) in [4.78, 5) is 20.6. The molecule has 0 heterocycles. The number of aromatic carboxylic acids is 1. The first-order valence-corrected chi connectivity index (χ1v) is 10.4. The van der Waals surface area contributed by atoms with Gasteiger partial charge in [-0.3, -0.25) is 4.79 Å². The van der Waals surface area contributed by atoms with Crippen LogP contribution in [0.5, 0.6) is 0 Å². The van der Waals surface area contributed by atoms with Crippen LogP contribution in [-0.2, 0) is 9.23 Å². The van der Waals surface area contributed by atoms with Gasteiger partial charge in [0.1, 0.15) is 0 Å². The topological polar surface area (TPSA) is 71.4 Å². The maximum Gasteiger partial charge on any atom is 0.335 e. The van der Waals surface area contributed by atoms with Crippen LogP contribution in [-0.4, -0.2) is 25.9 Å². The maximum atomic E-state index is 10.4. The minimum atomic E-state index is -1.67. The van der Waals surface area contributed by atoms with Gasteiger partial charge in [-0.1, -0.05) is 48.5 Å². The number of halogens is 5. The molecular weight excluding hydrogens is 453 g/mol. The van der Waals surface area contributed by atoms with Crippen molar-refractivity contribution in [1.29, 1.82) is 0 Å². The molecule has 2 rings (SSSR count). The average molecular weight is 467 g/mol. The molecule has 0 atom stereocenters. The zero-order chi connectivity index (χ0) is 19.7. The first-order chi connectivity index (χ1) is 11.8. The SMILES string of the molecule is ClCCl.O=C(Cl)c1ccccc1.O=C(O)c1ccccc1.O=S(Cl)Cl. The Balaban J connectivity index is 0. The molecule has 0 unspecified atom stereocenters. The smallest absolute Gasteiger partial charge is 0.335 e. The second-order valence-electron chi connectivity index (χ2n) is 3.60. The molecule has 0 amide bonds. The van der Waals surface area contributed by atoms with Crippen molar-refractivity contribution in [2.75, 3.05) is 5.34 Å². The summed E-state index contributed by atoms with van der Waals surface area (Å²) in [6.45, 7) is 0. The zero-order valence-corrected chi connectivity index (χ0v) is 17.0. The summed E-state index contributed by atoms with van der Waals surface area (Å²) in [5, 5.41) is 8.17. The second kappa shape index (κ2) is 18.0. The zero-order valence-electron chi connectivity index (χ0n) is 12.5. The normalized spacial score (nSPS) is 8.56. The van der Waals surface area contributed by atoms with Crippen LogP contribution < -0.4 is 0 Å². The van der Waals surface area contributed by atoms with E-state index in [0.29, 0.717) is 11.1 Å². The summed E-state index contributed by atoms with van der Waals surface area (Å²) >= 11 is 14.7. The predicted molar refractivity (Wildman–Crippen MR) is 106 cm³/mol. The van der Waals surface area contributed by atoms with Gasteiger partial charge in [0.25, 0.3) is 5.24 Å². The molecule has 0 aromatic heterocycles. The third-order valence-electron chi connectivity index (χ3n) is 2.02. The van der Waals surface area contributed by atoms with Gasteiger partial charge in [-0.25, -0.2) is 9.00 Å². The van der Waals surface area contributed by atoms with Gasteiger partial charge in [-0.2, -0.15) is 0 Å². The lowest BCUT2D eigenvalue weighted by Crippen LogP contribution is -1.93. The quantitative estimate of drug-likeness (QED) is 0.441. The van der Waals surface area contributed by atoms with E-state index in [1.54, 1.807) is 54.6 Å². The molecule has 138 valence electrons. The number of hydrogen-bond donors (Lipinski definition) is 1. The number of carbonyl (C=O) groups excluding carboxylic acids is 1. The highest BCUT2D eigenvalue weighted by Gasteiger charge is 1.97. The monoisotopic (exact) mass is 464 g/mol. The number of alkyl halides is 2.